The van der Waals surface area contributed by atoms with Gasteiger partial charge in [0.2, 0.25) is 5.91 Å². The third-order valence-corrected chi connectivity index (χ3v) is 2.95. The Hall–Kier alpha value is -2.06. The van der Waals surface area contributed by atoms with E-state index in [9.17, 15) is 27.6 Å². The highest BCUT2D eigenvalue weighted by molar-refractivity contribution is 6.09. The lowest BCUT2D eigenvalue weighted by Gasteiger charge is -2.12. The molecular weight excluding hydrogens is 269 g/mol. The Bertz CT molecular complexity index is 497. The van der Waals surface area contributed by atoms with Crippen LogP contribution in [0, 0.1) is 5.92 Å². The number of rotatable bonds is 3. The number of nitrogens with one attached hydrogen (secondary N) is 1. The molecule has 0 aromatic carbocycles. The van der Waals surface area contributed by atoms with E-state index in [1.165, 1.54) is 0 Å². The fourth-order valence-electron chi connectivity index (χ4n) is 2.21. The smallest absolute Gasteiger partial charge is 0.454 e. The number of carbonyl (C=O) groups excluding carboxylic acids is 2. The summed E-state index contributed by atoms with van der Waals surface area (Å²) in [6, 6.07) is 0. The van der Waals surface area contributed by atoms with Crippen molar-refractivity contribution in [1.29, 1.82) is 0 Å². The number of amides is 1. The fourth-order valence-corrected chi connectivity index (χ4v) is 2.21. The first-order chi connectivity index (χ1) is 8.73. The maximum absolute atomic E-state index is 12.5. The second-order valence-corrected chi connectivity index (χ2v) is 4.16. The van der Waals surface area contributed by atoms with Crippen LogP contribution in [-0.2, 0) is 14.4 Å². The van der Waals surface area contributed by atoms with E-state index in [1.807, 2.05) is 0 Å². The number of nitrogens with zero attached hydrogens (tertiary/aromatic N) is 1. The number of Topliss-reactive ketones (excluding diaryl/α,β-unsaturated/α-hetero) is 1. The third-order valence-electron chi connectivity index (χ3n) is 2.95. The molecule has 6 nitrogen and oxygen atoms in total. The van der Waals surface area contributed by atoms with Crippen molar-refractivity contribution in [3.63, 3.8) is 0 Å². The lowest BCUT2D eigenvalue weighted by molar-refractivity contribution is -0.167. The van der Waals surface area contributed by atoms with Gasteiger partial charge in [0.05, 0.1) is 17.9 Å². The molecule has 19 heavy (non-hydrogen) atoms. The molecule has 1 atom stereocenters. The van der Waals surface area contributed by atoms with Crippen LogP contribution in [0.2, 0.25) is 0 Å². The first-order valence-corrected chi connectivity index (χ1v) is 5.36. The Labute approximate surface area is 104 Å². The average molecular weight is 278 g/mol. The lowest BCUT2D eigenvalue weighted by Crippen LogP contribution is -2.32. The van der Waals surface area contributed by atoms with E-state index in [2.05, 4.69) is 5.32 Å². The summed E-state index contributed by atoms with van der Waals surface area (Å²) in [7, 11) is 0. The minimum atomic E-state index is -5.14. The van der Waals surface area contributed by atoms with Crippen molar-refractivity contribution in [3.8, 4) is 0 Å². The van der Waals surface area contributed by atoms with Gasteiger partial charge in [-0.25, -0.2) is 0 Å². The van der Waals surface area contributed by atoms with Crippen LogP contribution in [-0.4, -0.2) is 46.9 Å². The van der Waals surface area contributed by atoms with E-state index >= 15 is 0 Å². The Morgan fingerprint density at radius 2 is 2.05 bits per heavy atom. The van der Waals surface area contributed by atoms with Gasteiger partial charge >= 0.3 is 12.1 Å². The number of ketones is 1. The van der Waals surface area contributed by atoms with Gasteiger partial charge in [-0.15, -0.1) is 0 Å². The molecule has 0 aromatic rings. The van der Waals surface area contributed by atoms with Gasteiger partial charge in [-0.1, -0.05) is 0 Å². The van der Waals surface area contributed by atoms with Gasteiger partial charge in [0.1, 0.15) is 5.82 Å². The van der Waals surface area contributed by atoms with Gasteiger partial charge in [-0.05, 0) is 0 Å². The molecule has 0 spiro atoms. The summed E-state index contributed by atoms with van der Waals surface area (Å²) in [6.07, 6.45) is -5.97. The molecule has 2 aliphatic rings. The maximum Gasteiger partial charge on any atom is 0.454 e. The second-order valence-electron chi connectivity index (χ2n) is 4.16. The summed E-state index contributed by atoms with van der Waals surface area (Å²) in [5.41, 5.74) is -0.794. The zero-order valence-electron chi connectivity index (χ0n) is 9.45. The summed E-state index contributed by atoms with van der Waals surface area (Å²) >= 11 is 0. The standard InChI is InChI=1S/C10H9F3N2O4/c11-10(12,13)7(18)6-4(3-5(16)17)9(19)15-2-1-14-8(6)15/h4,14H,1-3H2,(H,16,17)/t4-/m1/s1. The summed E-state index contributed by atoms with van der Waals surface area (Å²) in [5.74, 6) is -6.17. The molecular formula is C10H9F3N2O4. The zero-order chi connectivity index (χ0) is 14.4. The molecule has 0 bridgehead atoms. The highest BCUT2D eigenvalue weighted by atomic mass is 19.4. The Morgan fingerprint density at radius 3 is 2.58 bits per heavy atom. The van der Waals surface area contributed by atoms with Crippen LogP contribution in [0.15, 0.2) is 11.4 Å². The lowest BCUT2D eigenvalue weighted by atomic mass is 9.93. The van der Waals surface area contributed by atoms with Crippen molar-refractivity contribution >= 4 is 17.7 Å². The molecule has 0 radical (unpaired) electrons. The van der Waals surface area contributed by atoms with Crippen LogP contribution in [0.1, 0.15) is 6.42 Å². The van der Waals surface area contributed by atoms with E-state index in [0.29, 0.717) is 0 Å². The molecule has 1 saturated heterocycles. The number of hydrogen-bond acceptors (Lipinski definition) is 4. The Kier molecular flexibility index (Phi) is 2.99. The molecule has 2 N–H and O–H groups in total. The molecule has 1 amide bonds. The molecule has 0 aliphatic carbocycles. The molecule has 2 heterocycles. The largest absolute Gasteiger partial charge is 0.481 e. The van der Waals surface area contributed by atoms with Crippen molar-refractivity contribution in [2.75, 3.05) is 13.1 Å². The number of carboxylic acid groups (broad SMARTS) is 1. The van der Waals surface area contributed by atoms with E-state index in [-0.39, 0.29) is 18.9 Å². The third kappa shape index (κ3) is 2.15. The predicted octanol–water partition coefficient (Wildman–Crippen LogP) is -0.134. The Morgan fingerprint density at radius 1 is 1.42 bits per heavy atom. The van der Waals surface area contributed by atoms with Crippen molar-refractivity contribution in [2.24, 2.45) is 5.92 Å². The van der Waals surface area contributed by atoms with Crippen molar-refractivity contribution in [3.05, 3.63) is 11.4 Å². The highest BCUT2D eigenvalue weighted by Crippen LogP contribution is 2.37. The minimum absolute atomic E-state index is 0.124. The monoisotopic (exact) mass is 278 g/mol. The van der Waals surface area contributed by atoms with E-state index in [0.717, 1.165) is 4.90 Å². The zero-order valence-corrected chi connectivity index (χ0v) is 9.45. The van der Waals surface area contributed by atoms with Crippen molar-refractivity contribution in [2.45, 2.75) is 12.6 Å². The summed E-state index contributed by atoms with van der Waals surface area (Å²) < 4.78 is 37.5. The molecule has 2 rings (SSSR count). The molecule has 0 aromatic heterocycles. The van der Waals surface area contributed by atoms with Gasteiger partial charge in [-0.2, -0.15) is 13.2 Å². The van der Waals surface area contributed by atoms with E-state index in [4.69, 9.17) is 5.11 Å². The van der Waals surface area contributed by atoms with Crippen LogP contribution < -0.4 is 5.32 Å². The number of aliphatic carboxylic acids is 1. The van der Waals surface area contributed by atoms with Gasteiger partial charge in [0.15, 0.2) is 0 Å². The quantitative estimate of drug-likeness (QED) is 0.750. The first-order valence-electron chi connectivity index (χ1n) is 5.36. The van der Waals surface area contributed by atoms with Gasteiger partial charge in [0, 0.05) is 13.1 Å². The van der Waals surface area contributed by atoms with Crippen molar-refractivity contribution in [1.82, 2.24) is 10.2 Å². The molecule has 9 heteroatoms. The maximum atomic E-state index is 12.5. The normalized spacial score (nSPS) is 22.6. The number of halogens is 3. The second kappa shape index (κ2) is 4.25. The molecule has 0 unspecified atom stereocenters. The van der Waals surface area contributed by atoms with Crippen LogP contribution in [0.4, 0.5) is 13.2 Å². The van der Waals surface area contributed by atoms with Crippen molar-refractivity contribution < 1.29 is 32.7 Å². The van der Waals surface area contributed by atoms with Crippen LogP contribution >= 0.6 is 0 Å². The first kappa shape index (κ1) is 13.4. The van der Waals surface area contributed by atoms with Gasteiger partial charge < -0.3 is 10.4 Å². The number of fused-ring (bicyclic) bond motifs is 1. The Balaban J connectivity index is 2.44. The molecule has 2 aliphatic heterocycles. The predicted molar refractivity (Wildman–Crippen MR) is 53.5 cm³/mol. The van der Waals surface area contributed by atoms with E-state index in [1.54, 1.807) is 0 Å². The summed E-state index contributed by atoms with van der Waals surface area (Å²) in [6.45, 7) is 0.356. The SMILES string of the molecule is O=C(O)C[C@H]1C(=O)N2CCNC2=C1C(=O)C(F)(F)F. The fraction of sp³-hybridized carbons (Fsp3) is 0.500. The summed E-state index contributed by atoms with van der Waals surface area (Å²) in [4.78, 5) is 34.8. The number of carbonyl (C=O) groups is 3. The highest BCUT2D eigenvalue weighted by Gasteiger charge is 2.52. The molecule has 1 fully saturated rings. The molecule has 104 valence electrons. The summed E-state index contributed by atoms with van der Waals surface area (Å²) in [5, 5.41) is 11.2. The van der Waals surface area contributed by atoms with Gasteiger partial charge in [-0.3, -0.25) is 19.3 Å². The van der Waals surface area contributed by atoms with E-state index < -0.39 is 41.7 Å². The van der Waals surface area contributed by atoms with Crippen LogP contribution in [0.3, 0.4) is 0 Å². The number of alkyl halides is 3. The number of carboxylic acids is 1. The van der Waals surface area contributed by atoms with Crippen LogP contribution in [0.5, 0.6) is 0 Å². The minimum Gasteiger partial charge on any atom is -0.481 e. The van der Waals surface area contributed by atoms with Gasteiger partial charge in [0.25, 0.3) is 5.78 Å². The topological polar surface area (TPSA) is 86.7 Å². The van der Waals surface area contributed by atoms with Crippen LogP contribution in [0.25, 0.3) is 0 Å². The molecule has 0 saturated carbocycles. The number of hydrogen-bond donors (Lipinski definition) is 2. The average Bonchev–Trinajstić information content (AvgIpc) is 2.81.